The number of nitrogens with zero attached hydrogens (tertiary/aromatic N) is 1. The van der Waals surface area contributed by atoms with Crippen LogP contribution in [0.25, 0.3) is 0 Å². The molecule has 4 heteroatoms. The van der Waals surface area contributed by atoms with Crippen LogP contribution in [0.4, 0.5) is 0 Å². The van der Waals surface area contributed by atoms with Crippen molar-refractivity contribution < 1.29 is 4.79 Å². The highest BCUT2D eigenvalue weighted by Crippen LogP contribution is 2.21. The molecule has 1 aromatic carbocycles. The van der Waals surface area contributed by atoms with E-state index < -0.39 is 6.04 Å². The second kappa shape index (κ2) is 6.57. The van der Waals surface area contributed by atoms with Crippen LogP contribution in [0.3, 0.4) is 0 Å². The van der Waals surface area contributed by atoms with Gasteiger partial charge in [-0.05, 0) is 31.0 Å². The van der Waals surface area contributed by atoms with Gasteiger partial charge in [-0.2, -0.15) is 0 Å². The Kier molecular flexibility index (Phi) is 5.38. The summed E-state index contributed by atoms with van der Waals surface area (Å²) in [6, 6.07) is 6.89. The molecule has 0 heterocycles. The molecule has 98 valence electrons. The van der Waals surface area contributed by atoms with Crippen LogP contribution in [-0.4, -0.2) is 23.9 Å². The van der Waals surface area contributed by atoms with Crippen LogP contribution in [0.1, 0.15) is 24.9 Å². The van der Waals surface area contributed by atoms with Crippen molar-refractivity contribution in [3.8, 4) is 0 Å². The number of carbonyl (C=O) groups is 1. The first-order valence-electron chi connectivity index (χ1n) is 5.86. The minimum absolute atomic E-state index is 0.0365. The number of benzene rings is 1. The summed E-state index contributed by atoms with van der Waals surface area (Å²) in [7, 11) is 1.75. The van der Waals surface area contributed by atoms with Gasteiger partial charge in [0.2, 0.25) is 5.91 Å². The van der Waals surface area contributed by atoms with Crippen molar-refractivity contribution in [3.05, 3.63) is 47.5 Å². The second-order valence-corrected chi connectivity index (χ2v) is 4.74. The lowest BCUT2D eigenvalue weighted by molar-refractivity contribution is -0.133. The van der Waals surface area contributed by atoms with E-state index in [1.807, 2.05) is 31.2 Å². The second-order valence-electron chi connectivity index (χ2n) is 4.31. The van der Waals surface area contributed by atoms with Crippen molar-refractivity contribution in [2.75, 3.05) is 7.05 Å². The van der Waals surface area contributed by atoms with Crippen molar-refractivity contribution >= 4 is 17.5 Å². The number of nitrogens with two attached hydrogens (primary N) is 1. The first-order chi connectivity index (χ1) is 8.47. The molecule has 0 radical (unpaired) electrons. The van der Waals surface area contributed by atoms with E-state index >= 15 is 0 Å². The van der Waals surface area contributed by atoms with Gasteiger partial charge >= 0.3 is 0 Å². The van der Waals surface area contributed by atoms with Crippen LogP contribution in [0, 0.1) is 0 Å². The summed E-state index contributed by atoms with van der Waals surface area (Å²) in [5, 5.41) is 0.684. The molecule has 18 heavy (non-hydrogen) atoms. The fourth-order valence-electron chi connectivity index (χ4n) is 1.70. The third-order valence-corrected chi connectivity index (χ3v) is 3.27. The zero-order valence-electron chi connectivity index (χ0n) is 10.8. The van der Waals surface area contributed by atoms with Gasteiger partial charge in [-0.25, -0.2) is 0 Å². The number of carbonyl (C=O) groups excluding carboxylic acids is 1. The SMILES string of the molecule is C=CCC(N)C(=O)N(C)C(C)c1ccc(Cl)cc1. The number of rotatable bonds is 5. The van der Waals surface area contributed by atoms with Crippen molar-refractivity contribution in [1.29, 1.82) is 0 Å². The Morgan fingerprint density at radius 3 is 2.56 bits per heavy atom. The minimum Gasteiger partial charge on any atom is -0.338 e. The Balaban J connectivity index is 2.77. The van der Waals surface area contributed by atoms with E-state index in [0.29, 0.717) is 11.4 Å². The van der Waals surface area contributed by atoms with E-state index in [-0.39, 0.29) is 11.9 Å². The third kappa shape index (κ3) is 3.59. The standard InChI is InChI=1S/C14H19ClN2O/c1-4-5-13(16)14(18)17(3)10(2)11-6-8-12(15)9-7-11/h4,6-10,13H,1,5,16H2,2-3H3. The minimum atomic E-state index is -0.526. The molecular formula is C14H19ClN2O. The van der Waals surface area contributed by atoms with Crippen LogP contribution >= 0.6 is 11.6 Å². The highest BCUT2D eigenvalue weighted by molar-refractivity contribution is 6.30. The molecule has 1 amide bonds. The molecule has 0 aliphatic heterocycles. The molecule has 2 N–H and O–H groups in total. The maximum Gasteiger partial charge on any atom is 0.240 e. The summed E-state index contributed by atoms with van der Waals surface area (Å²) in [5.74, 6) is -0.0858. The fraction of sp³-hybridized carbons (Fsp3) is 0.357. The highest BCUT2D eigenvalue weighted by atomic mass is 35.5. The van der Waals surface area contributed by atoms with Crippen molar-refractivity contribution in [3.63, 3.8) is 0 Å². The predicted molar refractivity (Wildman–Crippen MR) is 75.4 cm³/mol. The molecule has 0 bridgehead atoms. The quantitative estimate of drug-likeness (QED) is 0.833. The van der Waals surface area contributed by atoms with E-state index in [0.717, 1.165) is 5.56 Å². The van der Waals surface area contributed by atoms with Crippen LogP contribution in [0.15, 0.2) is 36.9 Å². The first-order valence-corrected chi connectivity index (χ1v) is 6.23. The first kappa shape index (κ1) is 14.7. The maximum absolute atomic E-state index is 12.0. The number of hydrogen-bond donors (Lipinski definition) is 1. The van der Waals surface area contributed by atoms with Crippen LogP contribution in [-0.2, 0) is 4.79 Å². The van der Waals surface area contributed by atoms with Gasteiger partial charge in [-0.1, -0.05) is 29.8 Å². The molecule has 3 nitrogen and oxygen atoms in total. The van der Waals surface area contributed by atoms with Crippen molar-refractivity contribution in [1.82, 2.24) is 4.90 Å². The lowest BCUT2D eigenvalue weighted by atomic mass is 10.1. The van der Waals surface area contributed by atoms with E-state index in [2.05, 4.69) is 6.58 Å². The van der Waals surface area contributed by atoms with Crippen molar-refractivity contribution in [2.45, 2.75) is 25.4 Å². The summed E-state index contributed by atoms with van der Waals surface area (Å²) in [5.41, 5.74) is 6.81. The molecule has 0 aliphatic carbocycles. The summed E-state index contributed by atoms with van der Waals surface area (Å²) in [4.78, 5) is 13.7. The normalized spacial score (nSPS) is 13.8. The highest BCUT2D eigenvalue weighted by Gasteiger charge is 2.21. The zero-order valence-corrected chi connectivity index (χ0v) is 11.5. The van der Waals surface area contributed by atoms with Gasteiger partial charge in [0.1, 0.15) is 0 Å². The zero-order chi connectivity index (χ0) is 13.7. The molecule has 0 aliphatic rings. The Bertz CT molecular complexity index is 416. The lowest BCUT2D eigenvalue weighted by Gasteiger charge is -2.27. The molecule has 2 unspecified atom stereocenters. The van der Waals surface area contributed by atoms with E-state index in [4.69, 9.17) is 17.3 Å². The van der Waals surface area contributed by atoms with Gasteiger partial charge in [-0.3, -0.25) is 4.79 Å². The van der Waals surface area contributed by atoms with E-state index in [1.165, 1.54) is 0 Å². The average Bonchev–Trinajstić information content (AvgIpc) is 2.37. The Morgan fingerprint density at radius 2 is 2.06 bits per heavy atom. The topological polar surface area (TPSA) is 46.3 Å². The predicted octanol–water partition coefficient (Wildman–Crippen LogP) is 2.76. The molecule has 2 atom stereocenters. The van der Waals surface area contributed by atoms with Gasteiger partial charge in [0.05, 0.1) is 12.1 Å². The van der Waals surface area contributed by atoms with E-state index in [9.17, 15) is 4.79 Å². The number of likely N-dealkylation sites (N-methyl/N-ethyl adjacent to an activating group) is 1. The molecule has 0 saturated heterocycles. The summed E-state index contributed by atoms with van der Waals surface area (Å²) >= 11 is 5.84. The smallest absolute Gasteiger partial charge is 0.240 e. The molecule has 1 rings (SSSR count). The number of amides is 1. The molecule has 0 fully saturated rings. The van der Waals surface area contributed by atoms with Gasteiger partial charge < -0.3 is 10.6 Å². The summed E-state index contributed by atoms with van der Waals surface area (Å²) < 4.78 is 0. The van der Waals surface area contributed by atoms with E-state index in [1.54, 1.807) is 18.0 Å². The Labute approximate surface area is 113 Å². The average molecular weight is 267 g/mol. The molecule has 0 saturated carbocycles. The largest absolute Gasteiger partial charge is 0.338 e. The monoisotopic (exact) mass is 266 g/mol. The third-order valence-electron chi connectivity index (χ3n) is 3.02. The fourth-order valence-corrected chi connectivity index (χ4v) is 1.82. The maximum atomic E-state index is 12.0. The number of halogens is 1. The molecule has 1 aromatic rings. The molecule has 0 aromatic heterocycles. The number of hydrogen-bond acceptors (Lipinski definition) is 2. The molecule has 0 spiro atoms. The van der Waals surface area contributed by atoms with Crippen LogP contribution < -0.4 is 5.73 Å². The van der Waals surface area contributed by atoms with Gasteiger partial charge in [0, 0.05) is 12.1 Å². The van der Waals surface area contributed by atoms with Gasteiger partial charge in [-0.15, -0.1) is 6.58 Å². The van der Waals surface area contributed by atoms with Crippen molar-refractivity contribution in [2.24, 2.45) is 5.73 Å². The summed E-state index contributed by atoms with van der Waals surface area (Å²) in [6.45, 7) is 5.55. The van der Waals surface area contributed by atoms with Gasteiger partial charge in [0.15, 0.2) is 0 Å². The van der Waals surface area contributed by atoms with Gasteiger partial charge in [0.25, 0.3) is 0 Å². The van der Waals surface area contributed by atoms with Crippen LogP contribution in [0.2, 0.25) is 5.02 Å². The molecular weight excluding hydrogens is 248 g/mol. The lowest BCUT2D eigenvalue weighted by Crippen LogP contribution is -2.42. The Hall–Kier alpha value is -1.32. The Morgan fingerprint density at radius 1 is 1.50 bits per heavy atom. The summed E-state index contributed by atoms with van der Waals surface area (Å²) in [6.07, 6.45) is 2.14. The van der Waals surface area contributed by atoms with Crippen LogP contribution in [0.5, 0.6) is 0 Å².